The smallest absolute Gasteiger partial charge is 0.221 e. The van der Waals surface area contributed by atoms with Crippen molar-refractivity contribution in [1.29, 1.82) is 0 Å². The van der Waals surface area contributed by atoms with Crippen LogP contribution in [-0.2, 0) is 16.0 Å². The molecule has 1 saturated heterocycles. The Morgan fingerprint density at radius 2 is 1.81 bits per heavy atom. The maximum atomic E-state index is 12.3. The Hall–Kier alpha value is -2.28. The van der Waals surface area contributed by atoms with Gasteiger partial charge in [-0.25, -0.2) is 0 Å². The van der Waals surface area contributed by atoms with Gasteiger partial charge in [-0.05, 0) is 44.0 Å². The van der Waals surface area contributed by atoms with Crippen molar-refractivity contribution < 1.29 is 19.1 Å². The second-order valence-electron chi connectivity index (χ2n) is 6.98. The van der Waals surface area contributed by atoms with Gasteiger partial charge in [-0.2, -0.15) is 0 Å². The fourth-order valence-corrected chi connectivity index (χ4v) is 3.51. The monoisotopic (exact) mass is 377 g/mol. The number of likely N-dealkylation sites (N-methyl/N-ethyl adjacent to an activating group) is 1. The molecule has 2 rings (SSSR count). The fraction of sp³-hybridized carbons (Fsp3) is 0.600. The number of benzene rings is 1. The lowest BCUT2D eigenvalue weighted by molar-refractivity contribution is -0.122. The zero-order chi connectivity index (χ0) is 19.8. The SMILES string of the molecule is COc1ccc(CCNC(=O)C[C@@H]2CC[C@H](CNC(C)=O)N2C)cc1OC. The number of nitrogens with zero attached hydrogens (tertiary/aromatic N) is 1. The van der Waals surface area contributed by atoms with E-state index in [4.69, 9.17) is 9.47 Å². The maximum Gasteiger partial charge on any atom is 0.221 e. The molecular weight excluding hydrogens is 346 g/mol. The fourth-order valence-electron chi connectivity index (χ4n) is 3.51. The first kappa shape index (κ1) is 21.0. The molecule has 1 heterocycles. The van der Waals surface area contributed by atoms with Crippen molar-refractivity contribution in [2.24, 2.45) is 0 Å². The van der Waals surface area contributed by atoms with Crippen LogP contribution in [0.25, 0.3) is 0 Å². The van der Waals surface area contributed by atoms with Crippen LogP contribution in [0.15, 0.2) is 18.2 Å². The summed E-state index contributed by atoms with van der Waals surface area (Å²) < 4.78 is 10.5. The van der Waals surface area contributed by atoms with Crippen LogP contribution in [-0.4, -0.2) is 63.2 Å². The van der Waals surface area contributed by atoms with Gasteiger partial charge in [-0.15, -0.1) is 0 Å². The van der Waals surface area contributed by atoms with Crippen LogP contribution in [0.1, 0.15) is 31.7 Å². The molecule has 7 heteroatoms. The summed E-state index contributed by atoms with van der Waals surface area (Å²) in [7, 11) is 5.25. The predicted molar refractivity (Wildman–Crippen MR) is 104 cm³/mol. The molecule has 150 valence electrons. The number of hydrogen-bond donors (Lipinski definition) is 2. The molecule has 1 aliphatic rings. The van der Waals surface area contributed by atoms with Crippen molar-refractivity contribution in [3.63, 3.8) is 0 Å². The predicted octanol–water partition coefficient (Wildman–Crippen LogP) is 1.35. The molecule has 0 spiro atoms. The Morgan fingerprint density at radius 3 is 2.48 bits per heavy atom. The minimum atomic E-state index is -0.0141. The van der Waals surface area contributed by atoms with Crippen LogP contribution >= 0.6 is 0 Å². The number of hydrogen-bond acceptors (Lipinski definition) is 5. The van der Waals surface area contributed by atoms with E-state index >= 15 is 0 Å². The van der Waals surface area contributed by atoms with Gasteiger partial charge in [-0.3, -0.25) is 14.5 Å². The molecular formula is C20H31N3O4. The first-order valence-electron chi connectivity index (χ1n) is 9.38. The van der Waals surface area contributed by atoms with Crippen molar-refractivity contribution >= 4 is 11.8 Å². The Morgan fingerprint density at radius 1 is 1.11 bits per heavy atom. The molecule has 1 aromatic rings. The van der Waals surface area contributed by atoms with Gasteiger partial charge < -0.3 is 20.1 Å². The van der Waals surface area contributed by atoms with Gasteiger partial charge in [-0.1, -0.05) is 6.07 Å². The van der Waals surface area contributed by atoms with Gasteiger partial charge in [0.05, 0.1) is 14.2 Å². The normalized spacial score (nSPS) is 19.6. The molecule has 2 N–H and O–H groups in total. The summed E-state index contributed by atoms with van der Waals surface area (Å²) in [6, 6.07) is 6.31. The van der Waals surface area contributed by atoms with Crippen LogP contribution in [0.4, 0.5) is 0 Å². The highest BCUT2D eigenvalue weighted by atomic mass is 16.5. The Bertz CT molecular complexity index is 650. The molecule has 2 amide bonds. The number of amides is 2. The molecule has 7 nitrogen and oxygen atoms in total. The van der Waals surface area contributed by atoms with Crippen molar-refractivity contribution in [3.8, 4) is 11.5 Å². The molecule has 0 aliphatic carbocycles. The second kappa shape index (κ2) is 10.2. The minimum Gasteiger partial charge on any atom is -0.493 e. The highest BCUT2D eigenvalue weighted by Gasteiger charge is 2.31. The number of methoxy groups -OCH3 is 2. The highest BCUT2D eigenvalue weighted by molar-refractivity contribution is 5.76. The lowest BCUT2D eigenvalue weighted by Crippen LogP contribution is -2.42. The van der Waals surface area contributed by atoms with E-state index in [1.807, 2.05) is 25.2 Å². The zero-order valence-electron chi connectivity index (χ0n) is 16.7. The van der Waals surface area contributed by atoms with E-state index in [1.165, 1.54) is 6.92 Å². The summed E-state index contributed by atoms with van der Waals surface area (Å²) in [4.78, 5) is 25.6. The van der Waals surface area contributed by atoms with Gasteiger partial charge >= 0.3 is 0 Å². The van der Waals surface area contributed by atoms with E-state index in [0.29, 0.717) is 37.1 Å². The van der Waals surface area contributed by atoms with E-state index < -0.39 is 0 Å². The summed E-state index contributed by atoms with van der Waals surface area (Å²) >= 11 is 0. The molecule has 0 aromatic heterocycles. The number of rotatable bonds is 9. The summed E-state index contributed by atoms with van der Waals surface area (Å²) in [6.45, 7) is 2.75. The average molecular weight is 377 g/mol. The first-order chi connectivity index (χ1) is 12.9. The van der Waals surface area contributed by atoms with Gasteiger partial charge in [0.2, 0.25) is 11.8 Å². The van der Waals surface area contributed by atoms with Crippen LogP contribution < -0.4 is 20.1 Å². The van der Waals surface area contributed by atoms with E-state index in [2.05, 4.69) is 15.5 Å². The number of carbonyl (C=O) groups is 2. The van der Waals surface area contributed by atoms with Gasteiger partial charge in [0, 0.05) is 38.5 Å². The van der Waals surface area contributed by atoms with Gasteiger partial charge in [0.15, 0.2) is 11.5 Å². The van der Waals surface area contributed by atoms with Crippen LogP contribution in [0, 0.1) is 0 Å². The lowest BCUT2D eigenvalue weighted by Gasteiger charge is -2.25. The Kier molecular flexibility index (Phi) is 7.91. The molecule has 27 heavy (non-hydrogen) atoms. The molecule has 2 atom stereocenters. The van der Waals surface area contributed by atoms with Crippen LogP contribution in [0.2, 0.25) is 0 Å². The highest BCUT2D eigenvalue weighted by Crippen LogP contribution is 2.27. The standard InChI is InChI=1S/C20H31N3O4/c1-14(24)22-13-17-7-6-16(23(17)2)12-20(25)21-10-9-15-5-8-18(26-3)19(11-15)27-4/h5,8,11,16-17H,6-7,9-10,12-13H2,1-4H3,(H,21,25)(H,22,24)/t16-,17+/m0/s1. The Balaban J connectivity index is 1.74. The molecule has 1 aliphatic heterocycles. The van der Waals surface area contributed by atoms with Crippen molar-refractivity contribution in [2.45, 2.75) is 44.7 Å². The largest absolute Gasteiger partial charge is 0.493 e. The quantitative estimate of drug-likeness (QED) is 0.679. The average Bonchev–Trinajstić information content (AvgIpc) is 2.99. The molecule has 0 radical (unpaired) electrons. The minimum absolute atomic E-state index is 0.0141. The van der Waals surface area contributed by atoms with Crippen LogP contribution in [0.3, 0.4) is 0 Å². The zero-order valence-corrected chi connectivity index (χ0v) is 16.7. The number of likely N-dealkylation sites (tertiary alicyclic amines) is 1. The van der Waals surface area contributed by atoms with Crippen molar-refractivity contribution in [3.05, 3.63) is 23.8 Å². The molecule has 1 aromatic carbocycles. The first-order valence-corrected chi connectivity index (χ1v) is 9.38. The van der Waals surface area contributed by atoms with Crippen molar-refractivity contribution in [1.82, 2.24) is 15.5 Å². The lowest BCUT2D eigenvalue weighted by atomic mass is 10.1. The second-order valence-corrected chi connectivity index (χ2v) is 6.98. The molecule has 0 unspecified atom stereocenters. The summed E-state index contributed by atoms with van der Waals surface area (Å²) in [6.07, 6.45) is 3.20. The molecule has 0 saturated carbocycles. The van der Waals surface area contributed by atoms with Gasteiger partial charge in [0.1, 0.15) is 0 Å². The van der Waals surface area contributed by atoms with E-state index in [9.17, 15) is 9.59 Å². The van der Waals surface area contributed by atoms with Gasteiger partial charge in [0.25, 0.3) is 0 Å². The third-order valence-electron chi connectivity index (χ3n) is 5.18. The van der Waals surface area contributed by atoms with Crippen molar-refractivity contribution in [2.75, 3.05) is 34.4 Å². The molecule has 0 bridgehead atoms. The number of ether oxygens (including phenoxy) is 2. The Labute approximate surface area is 161 Å². The third kappa shape index (κ3) is 6.13. The summed E-state index contributed by atoms with van der Waals surface area (Å²) in [5.41, 5.74) is 1.08. The summed E-state index contributed by atoms with van der Waals surface area (Å²) in [5.74, 6) is 1.44. The number of nitrogens with one attached hydrogen (secondary N) is 2. The topological polar surface area (TPSA) is 79.9 Å². The van der Waals surface area contributed by atoms with E-state index in [0.717, 1.165) is 24.8 Å². The summed E-state index contributed by atoms with van der Waals surface area (Å²) in [5, 5.41) is 5.86. The van der Waals surface area contributed by atoms with E-state index in [1.54, 1.807) is 14.2 Å². The third-order valence-corrected chi connectivity index (χ3v) is 5.18. The number of carbonyl (C=O) groups excluding carboxylic acids is 2. The van der Waals surface area contributed by atoms with Crippen LogP contribution in [0.5, 0.6) is 11.5 Å². The molecule has 1 fully saturated rings. The van der Waals surface area contributed by atoms with E-state index in [-0.39, 0.29) is 17.9 Å². The maximum absolute atomic E-state index is 12.3.